The molecule has 5 heteroatoms. The van der Waals surface area contributed by atoms with E-state index in [9.17, 15) is 0 Å². The second-order valence-corrected chi connectivity index (χ2v) is 14.0. The van der Waals surface area contributed by atoms with Gasteiger partial charge in [-0.15, -0.1) is 0 Å². The monoisotopic (exact) mass is 422 g/mol. The summed E-state index contributed by atoms with van der Waals surface area (Å²) in [6.07, 6.45) is 22.9. The van der Waals surface area contributed by atoms with Gasteiger partial charge in [-0.2, -0.15) is 0 Å². The molecule has 0 rings (SSSR count). The molecular weight excluding hydrogens is 384 g/mol. The van der Waals surface area contributed by atoms with Gasteiger partial charge in [0, 0.05) is 0 Å². The third-order valence-corrected chi connectivity index (χ3v) is 4.06. The van der Waals surface area contributed by atoms with Crippen molar-refractivity contribution in [2.75, 3.05) is 6.54 Å². The van der Waals surface area contributed by atoms with Crippen molar-refractivity contribution >= 4 is 27.9 Å². The Morgan fingerprint density at radius 3 is 0.957 bits per heavy atom. The van der Waals surface area contributed by atoms with E-state index in [1.165, 1.54) is 103 Å². The molecule has 0 saturated carbocycles. The third-order valence-electron chi connectivity index (χ3n) is 4.06. The van der Waals surface area contributed by atoms with E-state index in [-0.39, 0.29) is 0 Å². The molecule has 0 radical (unpaired) electrons. The number of unbranched alkanes of at least 4 members (excludes halogenated alkanes) is 15. The first kappa shape index (κ1) is 26.8. The van der Waals surface area contributed by atoms with Crippen molar-refractivity contribution in [3.63, 3.8) is 0 Å². The Balaban J connectivity index is 0. The average Bonchev–Trinajstić information content (AvgIpc) is 2.50. The van der Waals surface area contributed by atoms with Crippen molar-refractivity contribution < 1.29 is 14.7 Å². The van der Waals surface area contributed by atoms with Crippen LogP contribution in [0.2, 0.25) is 0 Å². The first-order valence-electron chi connectivity index (χ1n) is 9.68. The summed E-state index contributed by atoms with van der Waals surface area (Å²) in [6, 6.07) is 0. The first-order chi connectivity index (χ1) is 11.1. The molecule has 0 unspecified atom stereocenters. The third kappa shape index (κ3) is 35.5. The number of halogens is 3. The molecule has 2 N–H and O–H groups in total. The molecule has 0 aromatic heterocycles. The Labute approximate surface area is 163 Å². The van der Waals surface area contributed by atoms with E-state index >= 15 is 0 Å². The summed E-state index contributed by atoms with van der Waals surface area (Å²) >= 11 is -1.92. The van der Waals surface area contributed by atoms with Crippen molar-refractivity contribution in [1.82, 2.24) is 0 Å². The van der Waals surface area contributed by atoms with Gasteiger partial charge in [0.15, 0.2) is 0 Å². The van der Waals surface area contributed by atoms with Crippen LogP contribution in [0.5, 0.6) is 0 Å². The molecule has 0 amide bonds. The number of hydrogen-bond acceptors (Lipinski definition) is 1. The maximum absolute atomic E-state index is 5.48. The van der Waals surface area contributed by atoms with Crippen LogP contribution >= 0.6 is 27.9 Å². The van der Waals surface area contributed by atoms with E-state index in [2.05, 4.69) is 6.92 Å². The normalized spacial score (nSPS) is 10.3. The summed E-state index contributed by atoms with van der Waals surface area (Å²) in [6.45, 7) is 3.16. The fourth-order valence-electron chi connectivity index (χ4n) is 2.69. The van der Waals surface area contributed by atoms with E-state index in [1.807, 2.05) is 0 Å². The van der Waals surface area contributed by atoms with Crippen molar-refractivity contribution in [2.24, 2.45) is 5.73 Å². The van der Waals surface area contributed by atoms with Gasteiger partial charge in [0.25, 0.3) is 0 Å². The quantitative estimate of drug-likeness (QED) is 0.196. The Morgan fingerprint density at radius 1 is 0.522 bits per heavy atom. The zero-order valence-corrected chi connectivity index (χ0v) is 19.1. The van der Waals surface area contributed by atoms with Crippen LogP contribution in [0.25, 0.3) is 0 Å². The Morgan fingerprint density at radius 2 is 0.739 bits per heavy atom. The van der Waals surface area contributed by atoms with Gasteiger partial charge in [-0.1, -0.05) is 103 Å². The van der Waals surface area contributed by atoms with Crippen LogP contribution in [-0.2, 0) is 14.7 Å². The molecule has 0 aromatic carbocycles. The van der Waals surface area contributed by atoms with Crippen molar-refractivity contribution in [3.8, 4) is 0 Å². The van der Waals surface area contributed by atoms with Crippen LogP contribution in [0.4, 0.5) is 0 Å². The molecule has 0 aromatic rings. The van der Waals surface area contributed by atoms with Crippen molar-refractivity contribution in [2.45, 2.75) is 110 Å². The van der Waals surface area contributed by atoms with Gasteiger partial charge in [-0.05, 0) is 13.0 Å². The van der Waals surface area contributed by atoms with E-state index in [1.54, 1.807) is 0 Å². The van der Waals surface area contributed by atoms with Gasteiger partial charge >= 0.3 is 42.6 Å². The Kier molecular flexibility index (Phi) is 30.0. The predicted molar refractivity (Wildman–Crippen MR) is 106 cm³/mol. The first-order valence-corrected chi connectivity index (χ1v) is 16.1. The standard InChI is InChI=1S/C18H39N.3ClH.Ti/c1-2-3-4-5-6-7-8-9-10-11-12-13-14-15-16-17-18-19;;;;/h2-19H2,1H3;3*1H;/q;;;;+3/p-3. The molecule has 0 saturated heterocycles. The van der Waals surface area contributed by atoms with Crippen molar-refractivity contribution in [3.05, 3.63) is 0 Å². The molecule has 0 heterocycles. The summed E-state index contributed by atoms with van der Waals surface area (Å²) in [7, 11) is 14.9. The summed E-state index contributed by atoms with van der Waals surface area (Å²) in [4.78, 5) is 0. The zero-order chi connectivity index (χ0) is 17.6. The van der Waals surface area contributed by atoms with Crippen LogP contribution in [-0.4, -0.2) is 6.54 Å². The minimum atomic E-state index is -1.92. The van der Waals surface area contributed by atoms with Gasteiger partial charge in [0.05, 0.1) is 0 Å². The van der Waals surface area contributed by atoms with Crippen LogP contribution in [0.15, 0.2) is 0 Å². The summed E-state index contributed by atoms with van der Waals surface area (Å²) in [5.74, 6) is 0. The average molecular weight is 424 g/mol. The van der Waals surface area contributed by atoms with Gasteiger partial charge in [-0.25, -0.2) is 0 Å². The molecular formula is C18H39Cl3NTi. The molecule has 1 nitrogen and oxygen atoms in total. The molecule has 0 aliphatic rings. The van der Waals surface area contributed by atoms with E-state index in [0.717, 1.165) is 6.54 Å². The van der Waals surface area contributed by atoms with E-state index in [4.69, 9.17) is 33.6 Å². The fraction of sp³-hybridized carbons (Fsp3) is 1.00. The number of hydrogen-bond donors (Lipinski definition) is 1. The van der Waals surface area contributed by atoms with E-state index < -0.39 is 14.7 Å². The molecule has 0 atom stereocenters. The van der Waals surface area contributed by atoms with Crippen molar-refractivity contribution in [1.29, 1.82) is 0 Å². The number of rotatable bonds is 16. The summed E-state index contributed by atoms with van der Waals surface area (Å²) in [5, 5.41) is 0. The van der Waals surface area contributed by atoms with Gasteiger partial charge in [0.1, 0.15) is 0 Å². The predicted octanol–water partition coefficient (Wildman–Crippen LogP) is 8.27. The van der Waals surface area contributed by atoms with Crippen LogP contribution < -0.4 is 5.73 Å². The summed E-state index contributed by atoms with van der Waals surface area (Å²) < 4.78 is 0. The topological polar surface area (TPSA) is 26.0 Å². The zero-order valence-electron chi connectivity index (χ0n) is 15.2. The fourth-order valence-corrected chi connectivity index (χ4v) is 2.69. The minimum absolute atomic E-state index is 0.873. The Bertz CT molecular complexity index is 176. The van der Waals surface area contributed by atoms with Crippen LogP contribution in [0, 0.1) is 0 Å². The SMILES string of the molecule is CCCCCCCCCCCCCCCCCCN.[Cl][Ti]([Cl])[Cl]. The Hall–Kier alpha value is 1.54. The van der Waals surface area contributed by atoms with Crippen LogP contribution in [0.1, 0.15) is 110 Å². The summed E-state index contributed by atoms with van der Waals surface area (Å²) in [5.41, 5.74) is 5.48. The second-order valence-electron chi connectivity index (χ2n) is 6.31. The number of nitrogens with two attached hydrogens (primary N) is 1. The van der Waals surface area contributed by atoms with E-state index in [0.29, 0.717) is 0 Å². The molecule has 0 aliphatic carbocycles. The molecule has 0 bridgehead atoms. The van der Waals surface area contributed by atoms with Gasteiger partial charge < -0.3 is 5.73 Å². The van der Waals surface area contributed by atoms with Gasteiger partial charge in [-0.3, -0.25) is 0 Å². The molecule has 0 spiro atoms. The molecule has 0 aliphatic heterocycles. The maximum atomic E-state index is 5.48. The molecule has 23 heavy (non-hydrogen) atoms. The molecule has 141 valence electrons. The molecule has 0 fully saturated rings. The second kappa shape index (κ2) is 25.8. The van der Waals surface area contributed by atoms with Crippen LogP contribution in [0.3, 0.4) is 0 Å². The van der Waals surface area contributed by atoms with Gasteiger partial charge in [0.2, 0.25) is 0 Å².